The zero-order valence-electron chi connectivity index (χ0n) is 8.88. The molecule has 1 aromatic heterocycles. The van der Waals surface area contributed by atoms with Crippen molar-refractivity contribution in [3.8, 4) is 0 Å². The summed E-state index contributed by atoms with van der Waals surface area (Å²) in [5, 5.41) is 9.82. The first-order valence-corrected chi connectivity index (χ1v) is 4.92. The molecule has 0 saturated heterocycles. The quantitative estimate of drug-likeness (QED) is 0.760. The van der Waals surface area contributed by atoms with E-state index in [1.807, 2.05) is 0 Å². The molecule has 0 radical (unpaired) electrons. The van der Waals surface area contributed by atoms with Crippen LogP contribution in [0.2, 0.25) is 0 Å². The predicted molar refractivity (Wildman–Crippen MR) is 55.0 cm³/mol. The van der Waals surface area contributed by atoms with Crippen molar-refractivity contribution in [1.29, 1.82) is 0 Å². The van der Waals surface area contributed by atoms with E-state index in [2.05, 4.69) is 4.98 Å². The predicted octanol–water partition coefficient (Wildman–Crippen LogP) is 1.31. The lowest BCUT2D eigenvalue weighted by molar-refractivity contribution is -0.151. The van der Waals surface area contributed by atoms with Crippen LogP contribution in [0, 0.1) is 5.92 Å². The second kappa shape index (κ2) is 5.46. The number of rotatable bonds is 4. The number of carbonyl (C=O) groups is 1. The minimum atomic E-state index is -0.912. The summed E-state index contributed by atoms with van der Waals surface area (Å²) in [5.74, 6) is -1.00. The highest BCUT2D eigenvalue weighted by Gasteiger charge is 2.25. The summed E-state index contributed by atoms with van der Waals surface area (Å²) in [6.45, 7) is 3.67. The summed E-state index contributed by atoms with van der Waals surface area (Å²) >= 11 is 0. The van der Waals surface area contributed by atoms with Crippen LogP contribution in [0.4, 0.5) is 0 Å². The Morgan fingerprint density at radius 3 is 2.87 bits per heavy atom. The Morgan fingerprint density at radius 1 is 1.60 bits per heavy atom. The molecule has 0 spiro atoms. The Balaban J connectivity index is 2.68. The van der Waals surface area contributed by atoms with Gasteiger partial charge < -0.3 is 9.84 Å². The lowest BCUT2D eigenvalue weighted by atomic mass is 10.0. The molecular formula is C11H15NO3. The number of hydrogen-bond acceptors (Lipinski definition) is 4. The van der Waals surface area contributed by atoms with Crippen LogP contribution < -0.4 is 0 Å². The molecule has 4 heteroatoms. The van der Waals surface area contributed by atoms with Gasteiger partial charge in [-0.05, 0) is 26.0 Å². The van der Waals surface area contributed by atoms with Gasteiger partial charge in [-0.3, -0.25) is 9.78 Å². The van der Waals surface area contributed by atoms with Gasteiger partial charge in [0.1, 0.15) is 6.10 Å². The van der Waals surface area contributed by atoms with Gasteiger partial charge in [-0.2, -0.15) is 0 Å². The number of aliphatic hydroxyl groups excluding tert-OH is 1. The molecular weight excluding hydrogens is 194 g/mol. The number of pyridine rings is 1. The van der Waals surface area contributed by atoms with E-state index in [-0.39, 0.29) is 0 Å². The average molecular weight is 209 g/mol. The van der Waals surface area contributed by atoms with Gasteiger partial charge in [0.25, 0.3) is 0 Å². The summed E-state index contributed by atoms with van der Waals surface area (Å²) in [4.78, 5) is 15.3. The van der Waals surface area contributed by atoms with E-state index in [4.69, 9.17) is 4.74 Å². The van der Waals surface area contributed by atoms with Crippen molar-refractivity contribution in [2.45, 2.75) is 20.0 Å². The number of hydrogen-bond donors (Lipinski definition) is 1. The molecule has 15 heavy (non-hydrogen) atoms. The molecule has 1 aromatic rings. The number of nitrogens with zero attached hydrogens (tertiary/aromatic N) is 1. The molecule has 0 amide bonds. The van der Waals surface area contributed by atoms with E-state index in [0.29, 0.717) is 12.3 Å². The van der Waals surface area contributed by atoms with Gasteiger partial charge in [0.05, 0.1) is 18.2 Å². The molecule has 0 aliphatic heterocycles. The Kier molecular flexibility index (Phi) is 4.24. The molecule has 0 bridgehead atoms. The van der Waals surface area contributed by atoms with Crippen LogP contribution in [-0.4, -0.2) is 22.7 Å². The summed E-state index contributed by atoms with van der Waals surface area (Å²) in [5.41, 5.74) is 0.484. The molecule has 1 heterocycles. The van der Waals surface area contributed by atoms with Crippen LogP contribution in [0.3, 0.4) is 0 Å². The SMILES string of the molecule is CCOC(=O)[C@H](C)[C@H](O)c1ccccn1. The van der Waals surface area contributed by atoms with E-state index in [1.54, 1.807) is 38.2 Å². The molecule has 2 atom stereocenters. The minimum absolute atomic E-state index is 0.318. The van der Waals surface area contributed by atoms with Crippen molar-refractivity contribution >= 4 is 5.97 Å². The van der Waals surface area contributed by atoms with Crippen molar-refractivity contribution in [2.24, 2.45) is 5.92 Å². The topological polar surface area (TPSA) is 59.4 Å². The lowest BCUT2D eigenvalue weighted by Gasteiger charge is -2.16. The van der Waals surface area contributed by atoms with Crippen molar-refractivity contribution < 1.29 is 14.6 Å². The molecule has 0 saturated carbocycles. The highest BCUT2D eigenvalue weighted by atomic mass is 16.5. The van der Waals surface area contributed by atoms with Gasteiger partial charge in [-0.15, -0.1) is 0 Å². The summed E-state index contributed by atoms with van der Waals surface area (Å²) in [6, 6.07) is 5.20. The lowest BCUT2D eigenvalue weighted by Crippen LogP contribution is -2.22. The fourth-order valence-electron chi connectivity index (χ4n) is 1.21. The fraction of sp³-hybridized carbons (Fsp3) is 0.455. The maximum Gasteiger partial charge on any atom is 0.311 e. The molecule has 1 rings (SSSR count). The van der Waals surface area contributed by atoms with Gasteiger partial charge in [-0.1, -0.05) is 6.07 Å². The highest BCUT2D eigenvalue weighted by molar-refractivity contribution is 5.72. The second-order valence-electron chi connectivity index (χ2n) is 3.24. The largest absolute Gasteiger partial charge is 0.466 e. The van der Waals surface area contributed by atoms with Crippen molar-refractivity contribution in [3.63, 3.8) is 0 Å². The van der Waals surface area contributed by atoms with Crippen molar-refractivity contribution in [3.05, 3.63) is 30.1 Å². The molecule has 4 nitrogen and oxygen atoms in total. The van der Waals surface area contributed by atoms with E-state index >= 15 is 0 Å². The summed E-state index contributed by atoms with van der Waals surface area (Å²) in [6.07, 6.45) is 0.668. The van der Waals surface area contributed by atoms with Crippen molar-refractivity contribution in [2.75, 3.05) is 6.61 Å². The fourth-order valence-corrected chi connectivity index (χ4v) is 1.21. The zero-order chi connectivity index (χ0) is 11.3. The number of ether oxygens (including phenoxy) is 1. The molecule has 0 fully saturated rings. The summed E-state index contributed by atoms with van der Waals surface area (Å²) in [7, 11) is 0. The second-order valence-corrected chi connectivity index (χ2v) is 3.24. The van der Waals surface area contributed by atoms with Crippen LogP contribution in [-0.2, 0) is 9.53 Å². The Morgan fingerprint density at radius 2 is 2.33 bits per heavy atom. The first kappa shape index (κ1) is 11.7. The van der Waals surface area contributed by atoms with E-state index in [1.165, 1.54) is 0 Å². The first-order chi connectivity index (χ1) is 7.16. The molecule has 0 aliphatic carbocycles. The van der Waals surface area contributed by atoms with Crippen LogP contribution in [0.15, 0.2) is 24.4 Å². The van der Waals surface area contributed by atoms with Gasteiger partial charge in [0.2, 0.25) is 0 Å². The van der Waals surface area contributed by atoms with Crippen LogP contribution in [0.25, 0.3) is 0 Å². The highest BCUT2D eigenvalue weighted by Crippen LogP contribution is 2.20. The minimum Gasteiger partial charge on any atom is -0.466 e. The Hall–Kier alpha value is -1.42. The van der Waals surface area contributed by atoms with E-state index in [0.717, 1.165) is 0 Å². The Labute approximate surface area is 88.9 Å². The van der Waals surface area contributed by atoms with Gasteiger partial charge in [-0.25, -0.2) is 0 Å². The Bertz CT molecular complexity index is 313. The van der Waals surface area contributed by atoms with Gasteiger partial charge in [0, 0.05) is 6.20 Å². The van der Waals surface area contributed by atoms with Crippen molar-refractivity contribution in [1.82, 2.24) is 4.98 Å². The van der Waals surface area contributed by atoms with E-state index in [9.17, 15) is 9.90 Å². The molecule has 0 unspecified atom stereocenters. The number of carbonyl (C=O) groups excluding carboxylic acids is 1. The normalized spacial score (nSPS) is 14.3. The molecule has 0 aromatic carbocycles. The van der Waals surface area contributed by atoms with E-state index < -0.39 is 18.0 Å². The smallest absolute Gasteiger partial charge is 0.311 e. The summed E-state index contributed by atoms with van der Waals surface area (Å²) < 4.78 is 4.82. The molecule has 1 N–H and O–H groups in total. The molecule has 82 valence electrons. The number of aliphatic hydroxyl groups is 1. The molecule has 0 aliphatic rings. The maximum absolute atomic E-state index is 11.3. The zero-order valence-corrected chi connectivity index (χ0v) is 8.88. The number of aromatic nitrogens is 1. The first-order valence-electron chi connectivity index (χ1n) is 4.92. The van der Waals surface area contributed by atoms with Crippen LogP contribution in [0.5, 0.6) is 0 Å². The number of esters is 1. The monoisotopic (exact) mass is 209 g/mol. The maximum atomic E-state index is 11.3. The standard InChI is InChI=1S/C11H15NO3/c1-3-15-11(14)8(2)10(13)9-6-4-5-7-12-9/h4-8,10,13H,3H2,1-2H3/t8-,10+/m1/s1. The van der Waals surface area contributed by atoms with Gasteiger partial charge >= 0.3 is 5.97 Å². The van der Waals surface area contributed by atoms with Crippen LogP contribution >= 0.6 is 0 Å². The van der Waals surface area contributed by atoms with Gasteiger partial charge in [0.15, 0.2) is 0 Å². The third-order valence-corrected chi connectivity index (χ3v) is 2.12. The van der Waals surface area contributed by atoms with Crippen LogP contribution in [0.1, 0.15) is 25.6 Å². The average Bonchev–Trinajstić information content (AvgIpc) is 2.28. The third kappa shape index (κ3) is 3.02. The third-order valence-electron chi connectivity index (χ3n) is 2.12.